The summed E-state index contributed by atoms with van der Waals surface area (Å²) in [6.07, 6.45) is -14.7. The van der Waals surface area contributed by atoms with Crippen LogP contribution in [0, 0.1) is 17.5 Å². The Balaban J connectivity index is 1.86. The van der Waals surface area contributed by atoms with Crippen molar-refractivity contribution in [2.45, 2.75) is 43.5 Å². The lowest BCUT2D eigenvalue weighted by Gasteiger charge is -2.37. The fourth-order valence-electron chi connectivity index (χ4n) is 5.03. The van der Waals surface area contributed by atoms with Gasteiger partial charge in [0.1, 0.15) is 29.0 Å². The predicted molar refractivity (Wildman–Crippen MR) is 161 cm³/mol. The van der Waals surface area contributed by atoms with Gasteiger partial charge in [0.05, 0.1) is 24.8 Å². The molecule has 0 aliphatic rings. The number of carbonyl (C=O) groups excluding carboxylic acids is 2. The molecule has 0 spiro atoms. The first-order valence-electron chi connectivity index (χ1n) is 14.8. The van der Waals surface area contributed by atoms with Crippen LogP contribution in [-0.4, -0.2) is 38.1 Å². The number of carbonyl (C=O) groups is 2. The van der Waals surface area contributed by atoms with Crippen molar-refractivity contribution in [2.24, 2.45) is 0 Å². The van der Waals surface area contributed by atoms with Crippen LogP contribution in [0.1, 0.15) is 45.5 Å². The van der Waals surface area contributed by atoms with E-state index in [-0.39, 0.29) is 24.7 Å². The standard InChI is InChI=1S/C35H27F10NO5/c1-49-30(47)3-2-14-50-26-11-4-20(5-12-26)19-33(22-7-9-24(36)10-8-22,23-16-25(37)18-27(17-23)51-35(44,45)32(39)40)46-31(48)21-6-13-29(38)28(15-21)34(41,42)43/h4-13,15-18,32H,2-3,14,19H2,1H3,(H,46,48)/t33-/m1/s1. The Labute approximate surface area is 283 Å². The third-order valence-electron chi connectivity index (χ3n) is 7.48. The number of rotatable bonds is 14. The number of alkyl halides is 7. The Morgan fingerprint density at radius 2 is 1.43 bits per heavy atom. The molecule has 1 atom stereocenters. The molecule has 0 aliphatic heterocycles. The van der Waals surface area contributed by atoms with Gasteiger partial charge in [0, 0.05) is 24.5 Å². The summed E-state index contributed by atoms with van der Waals surface area (Å²) >= 11 is 0. The van der Waals surface area contributed by atoms with Crippen LogP contribution in [-0.2, 0) is 27.7 Å². The van der Waals surface area contributed by atoms with E-state index in [0.29, 0.717) is 35.9 Å². The van der Waals surface area contributed by atoms with Crippen LogP contribution < -0.4 is 14.8 Å². The number of benzene rings is 4. The van der Waals surface area contributed by atoms with Gasteiger partial charge in [-0.05, 0) is 77.7 Å². The average molecular weight is 732 g/mol. The van der Waals surface area contributed by atoms with Crippen molar-refractivity contribution >= 4 is 11.9 Å². The van der Waals surface area contributed by atoms with Crippen molar-refractivity contribution in [3.8, 4) is 11.5 Å². The van der Waals surface area contributed by atoms with E-state index in [2.05, 4.69) is 14.8 Å². The SMILES string of the molecule is COC(=O)CCCOc1ccc(C[C@@](NC(=O)c2ccc(F)c(C(F)(F)F)c2)(c2ccc(F)cc2)c2cc(F)cc(OC(F)(F)C(F)F)c2)cc1. The molecule has 1 amide bonds. The lowest BCUT2D eigenvalue weighted by atomic mass is 9.77. The van der Waals surface area contributed by atoms with Gasteiger partial charge in [0.2, 0.25) is 0 Å². The Morgan fingerprint density at radius 1 is 0.765 bits per heavy atom. The molecule has 0 saturated carbocycles. The molecule has 0 radical (unpaired) electrons. The number of hydrogen-bond donors (Lipinski definition) is 1. The number of hydrogen-bond acceptors (Lipinski definition) is 5. The van der Waals surface area contributed by atoms with Gasteiger partial charge in [0.15, 0.2) is 0 Å². The molecule has 4 rings (SSSR count). The molecule has 51 heavy (non-hydrogen) atoms. The van der Waals surface area contributed by atoms with E-state index in [1.807, 2.05) is 0 Å². The highest BCUT2D eigenvalue weighted by Crippen LogP contribution is 2.39. The third-order valence-corrected chi connectivity index (χ3v) is 7.48. The monoisotopic (exact) mass is 731 g/mol. The van der Waals surface area contributed by atoms with Gasteiger partial charge in [-0.1, -0.05) is 24.3 Å². The Hall–Kier alpha value is -5.28. The number of amides is 1. The average Bonchev–Trinajstić information content (AvgIpc) is 3.06. The van der Waals surface area contributed by atoms with Gasteiger partial charge < -0.3 is 19.5 Å². The number of halogens is 10. The third kappa shape index (κ3) is 9.70. The van der Waals surface area contributed by atoms with Gasteiger partial charge in [-0.15, -0.1) is 0 Å². The van der Waals surface area contributed by atoms with E-state index in [0.717, 1.165) is 36.4 Å². The smallest absolute Gasteiger partial charge is 0.461 e. The second-order valence-electron chi connectivity index (χ2n) is 11.0. The lowest BCUT2D eigenvalue weighted by Crippen LogP contribution is -2.49. The van der Waals surface area contributed by atoms with Gasteiger partial charge in [-0.2, -0.15) is 30.7 Å². The fourth-order valence-corrected chi connectivity index (χ4v) is 5.03. The number of esters is 1. The lowest BCUT2D eigenvalue weighted by molar-refractivity contribution is -0.253. The Kier molecular flexibility index (Phi) is 11.9. The van der Waals surface area contributed by atoms with Crippen molar-refractivity contribution < 1.29 is 67.7 Å². The van der Waals surface area contributed by atoms with Gasteiger partial charge in [0.25, 0.3) is 5.91 Å². The summed E-state index contributed by atoms with van der Waals surface area (Å²) in [4.78, 5) is 25.1. The summed E-state index contributed by atoms with van der Waals surface area (Å²) in [5.41, 5.74) is -4.93. The van der Waals surface area contributed by atoms with Crippen LogP contribution in [0.2, 0.25) is 0 Å². The molecule has 0 heterocycles. The van der Waals surface area contributed by atoms with Crippen molar-refractivity contribution in [3.05, 3.63) is 130 Å². The van der Waals surface area contributed by atoms with Crippen molar-refractivity contribution in [3.63, 3.8) is 0 Å². The number of ether oxygens (including phenoxy) is 3. The summed E-state index contributed by atoms with van der Waals surface area (Å²) < 4.78 is 152. The van der Waals surface area contributed by atoms with E-state index < -0.39 is 82.4 Å². The molecule has 1 N–H and O–H groups in total. The summed E-state index contributed by atoms with van der Waals surface area (Å²) in [5.74, 6) is -6.36. The van der Waals surface area contributed by atoms with E-state index in [1.54, 1.807) is 0 Å². The molecule has 4 aromatic carbocycles. The van der Waals surface area contributed by atoms with Crippen molar-refractivity contribution in [1.82, 2.24) is 5.32 Å². The first-order valence-corrected chi connectivity index (χ1v) is 14.8. The van der Waals surface area contributed by atoms with Crippen LogP contribution in [0.3, 0.4) is 0 Å². The molecule has 0 unspecified atom stereocenters. The number of methoxy groups -OCH3 is 1. The van der Waals surface area contributed by atoms with Crippen molar-refractivity contribution in [1.29, 1.82) is 0 Å². The molecule has 16 heteroatoms. The Morgan fingerprint density at radius 3 is 2.04 bits per heavy atom. The maximum Gasteiger partial charge on any atom is 0.461 e. The van der Waals surface area contributed by atoms with Crippen molar-refractivity contribution in [2.75, 3.05) is 13.7 Å². The van der Waals surface area contributed by atoms with E-state index in [1.165, 1.54) is 31.4 Å². The van der Waals surface area contributed by atoms with E-state index in [9.17, 15) is 49.1 Å². The van der Waals surface area contributed by atoms with Crippen LogP contribution in [0.5, 0.6) is 11.5 Å². The molecular formula is C35H27F10NO5. The predicted octanol–water partition coefficient (Wildman–Crippen LogP) is 8.61. The normalized spacial score (nSPS) is 13.0. The quantitative estimate of drug-likeness (QED) is 0.0800. The maximum absolute atomic E-state index is 15.1. The second-order valence-corrected chi connectivity index (χ2v) is 11.0. The zero-order valence-corrected chi connectivity index (χ0v) is 26.3. The first-order chi connectivity index (χ1) is 23.9. The zero-order valence-electron chi connectivity index (χ0n) is 26.3. The van der Waals surface area contributed by atoms with E-state index >= 15 is 4.39 Å². The molecule has 0 bridgehead atoms. The summed E-state index contributed by atoms with van der Waals surface area (Å²) in [6.45, 7) is 0.108. The number of nitrogens with one attached hydrogen (secondary N) is 1. The zero-order chi connectivity index (χ0) is 37.6. The molecular weight excluding hydrogens is 704 g/mol. The highest BCUT2D eigenvalue weighted by Gasteiger charge is 2.45. The maximum atomic E-state index is 15.1. The summed E-state index contributed by atoms with van der Waals surface area (Å²) in [7, 11) is 1.23. The minimum atomic E-state index is -5.22. The summed E-state index contributed by atoms with van der Waals surface area (Å²) in [5, 5.41) is 2.47. The molecule has 0 fully saturated rings. The molecule has 0 aliphatic carbocycles. The van der Waals surface area contributed by atoms with Gasteiger partial charge >= 0.3 is 24.7 Å². The van der Waals surface area contributed by atoms with Crippen LogP contribution in [0.25, 0.3) is 0 Å². The molecule has 6 nitrogen and oxygen atoms in total. The molecule has 0 saturated heterocycles. The molecule has 4 aromatic rings. The highest BCUT2D eigenvalue weighted by atomic mass is 19.4. The first kappa shape index (κ1) is 38.5. The van der Waals surface area contributed by atoms with E-state index in [4.69, 9.17) is 4.74 Å². The summed E-state index contributed by atoms with van der Waals surface area (Å²) in [6, 6.07) is 13.0. The van der Waals surface area contributed by atoms with Crippen LogP contribution in [0.15, 0.2) is 84.9 Å². The topological polar surface area (TPSA) is 73.9 Å². The van der Waals surface area contributed by atoms with Gasteiger partial charge in [-0.25, -0.2) is 13.2 Å². The highest BCUT2D eigenvalue weighted by molar-refractivity contribution is 5.95. The van der Waals surface area contributed by atoms with Crippen LogP contribution >= 0.6 is 0 Å². The fraction of sp³-hybridized carbons (Fsp3) is 0.257. The molecule has 272 valence electrons. The minimum Gasteiger partial charge on any atom is -0.494 e. The largest absolute Gasteiger partial charge is 0.494 e. The second kappa shape index (κ2) is 15.7. The molecule has 0 aromatic heterocycles. The van der Waals surface area contributed by atoms with Gasteiger partial charge in [-0.3, -0.25) is 9.59 Å². The van der Waals surface area contributed by atoms with Crippen LogP contribution in [0.4, 0.5) is 43.9 Å². The minimum absolute atomic E-state index is 0.0734. The Bertz CT molecular complexity index is 1830.